The van der Waals surface area contributed by atoms with E-state index in [0.29, 0.717) is 5.69 Å². The standard InChI is InChI=1S/C13H12N4/c1-8-6-7-11-13(15-8)17-12(16-11)9-4-2-3-5-10(9)14/h2-7H,14H2,1H3,(H,15,16,17). The van der Waals surface area contributed by atoms with E-state index < -0.39 is 0 Å². The Bertz CT molecular complexity index is 685. The second-order valence-corrected chi connectivity index (χ2v) is 4.00. The first kappa shape index (κ1) is 9.84. The minimum Gasteiger partial charge on any atom is -0.398 e. The highest BCUT2D eigenvalue weighted by molar-refractivity contribution is 5.80. The van der Waals surface area contributed by atoms with E-state index in [1.165, 1.54) is 0 Å². The van der Waals surface area contributed by atoms with Gasteiger partial charge in [-0.1, -0.05) is 12.1 Å². The summed E-state index contributed by atoms with van der Waals surface area (Å²) >= 11 is 0. The largest absolute Gasteiger partial charge is 0.398 e. The van der Waals surface area contributed by atoms with Crippen LogP contribution < -0.4 is 5.73 Å². The van der Waals surface area contributed by atoms with Crippen LogP contribution in [0.5, 0.6) is 0 Å². The number of aryl methyl sites for hydroxylation is 1. The molecule has 0 amide bonds. The van der Waals surface area contributed by atoms with Crippen molar-refractivity contribution < 1.29 is 0 Å². The minimum absolute atomic E-state index is 0.711. The molecule has 0 aliphatic heterocycles. The highest BCUT2D eigenvalue weighted by atomic mass is 15.0. The zero-order valence-electron chi connectivity index (χ0n) is 9.44. The van der Waals surface area contributed by atoms with Gasteiger partial charge in [0.2, 0.25) is 0 Å². The lowest BCUT2D eigenvalue weighted by atomic mass is 10.2. The second-order valence-electron chi connectivity index (χ2n) is 4.00. The third-order valence-electron chi connectivity index (χ3n) is 2.70. The van der Waals surface area contributed by atoms with Gasteiger partial charge in [0.05, 0.1) is 5.52 Å². The fourth-order valence-electron chi connectivity index (χ4n) is 1.83. The van der Waals surface area contributed by atoms with Gasteiger partial charge >= 0.3 is 0 Å². The van der Waals surface area contributed by atoms with Crippen molar-refractivity contribution in [1.29, 1.82) is 0 Å². The second kappa shape index (κ2) is 3.59. The summed E-state index contributed by atoms with van der Waals surface area (Å²) in [6.07, 6.45) is 0. The molecule has 84 valence electrons. The van der Waals surface area contributed by atoms with Crippen LogP contribution in [-0.4, -0.2) is 15.0 Å². The molecule has 0 spiro atoms. The number of nitrogens with one attached hydrogen (secondary N) is 1. The summed E-state index contributed by atoms with van der Waals surface area (Å²) in [5, 5.41) is 0. The number of aromatic nitrogens is 3. The highest BCUT2D eigenvalue weighted by Gasteiger charge is 2.08. The lowest BCUT2D eigenvalue weighted by Crippen LogP contribution is -1.90. The monoisotopic (exact) mass is 224 g/mol. The molecule has 3 N–H and O–H groups in total. The van der Waals surface area contributed by atoms with Gasteiger partial charge in [-0.05, 0) is 31.2 Å². The number of nitrogens with zero attached hydrogens (tertiary/aromatic N) is 2. The zero-order chi connectivity index (χ0) is 11.8. The molecule has 0 radical (unpaired) electrons. The number of para-hydroxylation sites is 1. The van der Waals surface area contributed by atoms with Crippen molar-refractivity contribution in [2.45, 2.75) is 6.92 Å². The Kier molecular flexibility index (Phi) is 2.08. The van der Waals surface area contributed by atoms with E-state index in [-0.39, 0.29) is 0 Å². The van der Waals surface area contributed by atoms with Gasteiger partial charge in [-0.2, -0.15) is 0 Å². The Hall–Kier alpha value is -2.36. The van der Waals surface area contributed by atoms with Crippen molar-refractivity contribution in [3.8, 4) is 11.4 Å². The number of nitrogen functional groups attached to an aromatic ring is 1. The number of pyridine rings is 1. The molecule has 0 aliphatic rings. The predicted octanol–water partition coefficient (Wildman–Crippen LogP) is 2.52. The normalized spacial score (nSPS) is 10.9. The highest BCUT2D eigenvalue weighted by Crippen LogP contribution is 2.24. The van der Waals surface area contributed by atoms with Crippen molar-refractivity contribution in [3.63, 3.8) is 0 Å². The van der Waals surface area contributed by atoms with E-state index in [9.17, 15) is 0 Å². The molecular weight excluding hydrogens is 212 g/mol. The lowest BCUT2D eigenvalue weighted by Gasteiger charge is -1.99. The van der Waals surface area contributed by atoms with Gasteiger partial charge in [0, 0.05) is 16.9 Å². The van der Waals surface area contributed by atoms with Crippen LogP contribution in [0.3, 0.4) is 0 Å². The maximum Gasteiger partial charge on any atom is 0.178 e. The quantitative estimate of drug-likeness (QED) is 0.624. The number of hydrogen-bond donors (Lipinski definition) is 2. The lowest BCUT2D eigenvalue weighted by molar-refractivity contribution is 1.22. The molecule has 0 atom stereocenters. The van der Waals surface area contributed by atoms with Gasteiger partial charge in [-0.15, -0.1) is 0 Å². The van der Waals surface area contributed by atoms with Gasteiger partial charge < -0.3 is 10.7 Å². The first-order valence-electron chi connectivity index (χ1n) is 5.42. The summed E-state index contributed by atoms with van der Waals surface area (Å²) in [4.78, 5) is 12.1. The number of H-pyrrole nitrogens is 1. The SMILES string of the molecule is Cc1ccc2[nH]c(-c3ccccc3N)nc2n1. The maximum absolute atomic E-state index is 5.92. The zero-order valence-corrected chi connectivity index (χ0v) is 9.44. The average Bonchev–Trinajstić information content (AvgIpc) is 2.72. The number of imidazole rings is 1. The van der Waals surface area contributed by atoms with E-state index in [2.05, 4.69) is 15.0 Å². The smallest absolute Gasteiger partial charge is 0.178 e. The van der Waals surface area contributed by atoms with Gasteiger partial charge in [0.15, 0.2) is 5.65 Å². The fraction of sp³-hybridized carbons (Fsp3) is 0.0769. The van der Waals surface area contributed by atoms with Crippen LogP contribution in [0.25, 0.3) is 22.6 Å². The van der Waals surface area contributed by atoms with E-state index in [1.54, 1.807) is 0 Å². The summed E-state index contributed by atoms with van der Waals surface area (Å²) in [6.45, 7) is 1.95. The third-order valence-corrected chi connectivity index (χ3v) is 2.70. The molecule has 1 aromatic carbocycles. The molecule has 0 unspecified atom stereocenters. The van der Waals surface area contributed by atoms with Crippen molar-refractivity contribution in [3.05, 3.63) is 42.1 Å². The number of hydrogen-bond acceptors (Lipinski definition) is 3. The summed E-state index contributed by atoms with van der Waals surface area (Å²) in [5.74, 6) is 0.760. The first-order chi connectivity index (χ1) is 8.24. The molecule has 0 saturated heterocycles. The van der Waals surface area contributed by atoms with Crippen LogP contribution in [0.2, 0.25) is 0 Å². The van der Waals surface area contributed by atoms with Gasteiger partial charge in [-0.3, -0.25) is 0 Å². The van der Waals surface area contributed by atoms with Crippen LogP contribution >= 0.6 is 0 Å². The van der Waals surface area contributed by atoms with E-state index in [4.69, 9.17) is 5.73 Å². The molecule has 4 heteroatoms. The Labute approximate surface area is 98.5 Å². The summed E-state index contributed by atoms with van der Waals surface area (Å²) < 4.78 is 0. The van der Waals surface area contributed by atoms with Crippen LogP contribution in [0.4, 0.5) is 5.69 Å². The van der Waals surface area contributed by atoms with E-state index in [1.807, 2.05) is 43.3 Å². The number of benzene rings is 1. The fourth-order valence-corrected chi connectivity index (χ4v) is 1.83. The van der Waals surface area contributed by atoms with E-state index in [0.717, 1.165) is 28.2 Å². The molecule has 0 aliphatic carbocycles. The van der Waals surface area contributed by atoms with Crippen LogP contribution in [0.15, 0.2) is 36.4 Å². The molecule has 3 aromatic rings. The van der Waals surface area contributed by atoms with E-state index >= 15 is 0 Å². The Morgan fingerprint density at radius 1 is 1.06 bits per heavy atom. The van der Waals surface area contributed by atoms with Crippen LogP contribution in [0, 0.1) is 6.92 Å². The first-order valence-corrected chi connectivity index (χ1v) is 5.42. The summed E-state index contributed by atoms with van der Waals surface area (Å²) in [6, 6.07) is 11.6. The van der Waals surface area contributed by atoms with Crippen molar-refractivity contribution >= 4 is 16.9 Å². The molecular formula is C13H12N4. The number of fused-ring (bicyclic) bond motifs is 1. The average molecular weight is 224 g/mol. The Morgan fingerprint density at radius 2 is 1.88 bits per heavy atom. The molecule has 0 saturated carbocycles. The summed E-state index contributed by atoms with van der Waals surface area (Å²) in [5.41, 5.74) is 10.1. The number of nitrogens with two attached hydrogens (primary N) is 1. The Morgan fingerprint density at radius 3 is 2.71 bits per heavy atom. The van der Waals surface area contributed by atoms with Gasteiger partial charge in [0.1, 0.15) is 5.82 Å². The minimum atomic E-state index is 0.711. The van der Waals surface area contributed by atoms with Gasteiger partial charge in [-0.25, -0.2) is 9.97 Å². The van der Waals surface area contributed by atoms with Crippen molar-refractivity contribution in [1.82, 2.24) is 15.0 Å². The molecule has 2 aromatic heterocycles. The molecule has 0 bridgehead atoms. The molecule has 3 rings (SSSR count). The molecule has 0 fully saturated rings. The molecule has 2 heterocycles. The van der Waals surface area contributed by atoms with Crippen molar-refractivity contribution in [2.75, 3.05) is 5.73 Å². The number of rotatable bonds is 1. The molecule has 4 nitrogen and oxygen atoms in total. The topological polar surface area (TPSA) is 67.6 Å². The summed E-state index contributed by atoms with van der Waals surface area (Å²) in [7, 11) is 0. The Balaban J connectivity index is 2.22. The maximum atomic E-state index is 5.92. The van der Waals surface area contributed by atoms with Crippen molar-refractivity contribution in [2.24, 2.45) is 0 Å². The number of anilines is 1. The van der Waals surface area contributed by atoms with Crippen LogP contribution in [-0.2, 0) is 0 Å². The third kappa shape index (κ3) is 1.63. The molecule has 17 heavy (non-hydrogen) atoms. The van der Waals surface area contributed by atoms with Gasteiger partial charge in [0.25, 0.3) is 0 Å². The van der Waals surface area contributed by atoms with Crippen LogP contribution in [0.1, 0.15) is 5.69 Å². The number of aromatic amines is 1. The predicted molar refractivity (Wildman–Crippen MR) is 68.5 cm³/mol.